The van der Waals surface area contributed by atoms with E-state index in [4.69, 9.17) is 0 Å². The highest BCUT2D eigenvalue weighted by Crippen LogP contribution is 2.32. The van der Waals surface area contributed by atoms with Gasteiger partial charge in [-0.15, -0.1) is 0 Å². The van der Waals surface area contributed by atoms with Gasteiger partial charge in [-0.3, -0.25) is 9.59 Å². The fraction of sp³-hybridized carbons (Fsp3) is 0.0833. The number of hydrogen-bond donors (Lipinski definition) is 3. The van der Waals surface area contributed by atoms with Gasteiger partial charge in [-0.1, -0.05) is 48.5 Å². The molecule has 0 aliphatic heterocycles. The zero-order valence-corrected chi connectivity index (χ0v) is 15.7. The summed E-state index contributed by atoms with van der Waals surface area (Å²) >= 11 is 0. The highest BCUT2D eigenvalue weighted by molar-refractivity contribution is 6.00. The van der Waals surface area contributed by atoms with Crippen molar-refractivity contribution in [1.29, 1.82) is 0 Å². The Labute approximate surface area is 167 Å². The molecule has 0 radical (unpaired) electrons. The summed E-state index contributed by atoms with van der Waals surface area (Å²) in [6, 6.07) is 22.1. The predicted octanol–water partition coefficient (Wildman–Crippen LogP) is 4.47. The van der Waals surface area contributed by atoms with Gasteiger partial charge in [-0.25, -0.2) is 0 Å². The first-order chi connectivity index (χ1) is 14.1. The summed E-state index contributed by atoms with van der Waals surface area (Å²) in [4.78, 5) is 27.0. The van der Waals surface area contributed by atoms with Crippen molar-refractivity contribution in [3.63, 3.8) is 0 Å². The lowest BCUT2D eigenvalue weighted by Crippen LogP contribution is -2.12. The fourth-order valence-electron chi connectivity index (χ4n) is 3.39. The Kier molecular flexibility index (Phi) is 5.12. The lowest BCUT2D eigenvalue weighted by atomic mass is 10.00. The van der Waals surface area contributed by atoms with Gasteiger partial charge >= 0.3 is 0 Å². The average molecular weight is 384 g/mol. The number of aromatic hydroxyl groups is 1. The van der Waals surface area contributed by atoms with Gasteiger partial charge < -0.3 is 15.4 Å². The molecule has 0 unspecified atom stereocenters. The topological polar surface area (TPSA) is 82.2 Å². The maximum Gasteiger partial charge on any atom is 0.255 e. The number of aromatic amines is 1. The predicted molar refractivity (Wildman–Crippen MR) is 115 cm³/mol. The van der Waals surface area contributed by atoms with Crippen LogP contribution in [-0.2, 0) is 11.2 Å². The number of carbonyl (C=O) groups excluding carboxylic acids is 1. The number of carbonyl (C=O) groups is 1. The minimum atomic E-state index is -0.248. The Balaban J connectivity index is 1.51. The van der Waals surface area contributed by atoms with Crippen LogP contribution in [-0.4, -0.2) is 16.0 Å². The second-order valence-electron chi connectivity index (χ2n) is 6.84. The number of amides is 1. The van der Waals surface area contributed by atoms with Crippen LogP contribution in [0.2, 0.25) is 0 Å². The molecule has 5 nitrogen and oxygen atoms in total. The van der Waals surface area contributed by atoms with Crippen molar-refractivity contribution < 1.29 is 9.90 Å². The van der Waals surface area contributed by atoms with E-state index in [-0.39, 0.29) is 17.2 Å². The average Bonchev–Trinajstić information content (AvgIpc) is 2.75. The Hall–Kier alpha value is -3.86. The number of nitrogens with one attached hydrogen (secondary N) is 2. The van der Waals surface area contributed by atoms with Crippen LogP contribution in [0.3, 0.4) is 0 Å². The van der Waals surface area contributed by atoms with Gasteiger partial charge in [0.15, 0.2) is 0 Å². The first-order valence-electron chi connectivity index (χ1n) is 9.39. The molecule has 1 amide bonds. The molecule has 0 aliphatic rings. The van der Waals surface area contributed by atoms with E-state index in [9.17, 15) is 14.7 Å². The number of aromatic nitrogens is 1. The van der Waals surface area contributed by atoms with Crippen molar-refractivity contribution in [2.24, 2.45) is 0 Å². The molecule has 0 spiro atoms. The highest BCUT2D eigenvalue weighted by Gasteiger charge is 2.11. The molecule has 4 aromatic rings. The van der Waals surface area contributed by atoms with E-state index in [2.05, 4.69) is 10.3 Å². The van der Waals surface area contributed by atoms with E-state index < -0.39 is 0 Å². The van der Waals surface area contributed by atoms with Crippen molar-refractivity contribution in [2.75, 3.05) is 5.32 Å². The van der Waals surface area contributed by atoms with Gasteiger partial charge in [-0.2, -0.15) is 0 Å². The number of phenols is 1. The number of H-pyrrole nitrogens is 1. The summed E-state index contributed by atoms with van der Waals surface area (Å²) in [5, 5.41) is 14.1. The second-order valence-corrected chi connectivity index (χ2v) is 6.84. The summed E-state index contributed by atoms with van der Waals surface area (Å²) in [5.74, 6) is 0.00984. The zero-order valence-electron chi connectivity index (χ0n) is 15.7. The fourth-order valence-corrected chi connectivity index (χ4v) is 3.39. The quantitative estimate of drug-likeness (QED) is 0.475. The molecule has 144 valence electrons. The molecule has 3 aromatic carbocycles. The van der Waals surface area contributed by atoms with Crippen LogP contribution in [0.15, 0.2) is 83.8 Å². The summed E-state index contributed by atoms with van der Waals surface area (Å²) < 4.78 is 0. The number of anilines is 1. The van der Waals surface area contributed by atoms with E-state index in [1.54, 1.807) is 24.4 Å². The largest absolute Gasteiger partial charge is 0.507 e. The summed E-state index contributed by atoms with van der Waals surface area (Å²) in [6.07, 6.45) is 2.69. The van der Waals surface area contributed by atoms with E-state index in [1.807, 2.05) is 54.6 Å². The molecule has 0 aliphatic carbocycles. The standard InChI is InChI=1S/C24H20N2O3/c27-21-8-4-7-19-23(21)20(15-25-24(19)29)17-10-12-18(13-11-17)26-22(28)14-9-16-5-2-1-3-6-16/h1-8,10-13,15,27H,9,14H2,(H,25,29)(H,26,28). The maximum absolute atomic E-state index is 12.2. The Morgan fingerprint density at radius 2 is 1.69 bits per heavy atom. The lowest BCUT2D eigenvalue weighted by molar-refractivity contribution is -0.116. The highest BCUT2D eigenvalue weighted by atomic mass is 16.3. The van der Waals surface area contributed by atoms with Crippen molar-refractivity contribution in [3.05, 3.63) is 94.9 Å². The molecule has 0 atom stereocenters. The summed E-state index contributed by atoms with van der Waals surface area (Å²) in [7, 11) is 0. The van der Waals surface area contributed by atoms with E-state index in [0.29, 0.717) is 29.3 Å². The van der Waals surface area contributed by atoms with E-state index >= 15 is 0 Å². The zero-order chi connectivity index (χ0) is 20.2. The number of phenolic OH excluding ortho intramolecular Hbond substituents is 1. The number of hydrogen-bond acceptors (Lipinski definition) is 3. The van der Waals surface area contributed by atoms with Crippen molar-refractivity contribution >= 4 is 22.4 Å². The maximum atomic E-state index is 12.2. The van der Waals surface area contributed by atoms with Crippen LogP contribution in [0.5, 0.6) is 5.75 Å². The Morgan fingerprint density at radius 1 is 0.931 bits per heavy atom. The normalized spacial score (nSPS) is 10.8. The molecule has 0 fully saturated rings. The van der Waals surface area contributed by atoms with E-state index in [0.717, 1.165) is 16.7 Å². The van der Waals surface area contributed by atoms with Crippen LogP contribution >= 0.6 is 0 Å². The van der Waals surface area contributed by atoms with Gasteiger partial charge in [0.25, 0.3) is 5.56 Å². The SMILES string of the molecule is O=C(CCc1ccccc1)Nc1ccc(-c2c[nH]c(=O)c3cccc(O)c23)cc1. The molecule has 29 heavy (non-hydrogen) atoms. The molecular formula is C24H20N2O3. The molecule has 0 bridgehead atoms. The molecule has 0 saturated heterocycles. The van der Waals surface area contributed by atoms with Gasteiger partial charge in [0, 0.05) is 29.3 Å². The number of rotatable bonds is 5. The van der Waals surface area contributed by atoms with Crippen molar-refractivity contribution in [1.82, 2.24) is 4.98 Å². The Morgan fingerprint density at radius 3 is 2.45 bits per heavy atom. The third-order valence-electron chi connectivity index (χ3n) is 4.87. The second kappa shape index (κ2) is 8.02. The Bertz CT molecular complexity index is 1210. The smallest absolute Gasteiger partial charge is 0.255 e. The number of pyridine rings is 1. The van der Waals surface area contributed by atoms with Crippen LogP contribution in [0.25, 0.3) is 21.9 Å². The van der Waals surface area contributed by atoms with Gasteiger partial charge in [0.2, 0.25) is 5.91 Å². The van der Waals surface area contributed by atoms with Crippen LogP contribution < -0.4 is 10.9 Å². The minimum Gasteiger partial charge on any atom is -0.507 e. The van der Waals surface area contributed by atoms with Crippen LogP contribution in [0.1, 0.15) is 12.0 Å². The molecule has 1 heterocycles. The monoisotopic (exact) mass is 384 g/mol. The third-order valence-corrected chi connectivity index (χ3v) is 4.87. The molecule has 3 N–H and O–H groups in total. The number of fused-ring (bicyclic) bond motifs is 1. The van der Waals surface area contributed by atoms with E-state index in [1.165, 1.54) is 0 Å². The molecule has 4 rings (SSSR count). The molecule has 5 heteroatoms. The number of aryl methyl sites for hydroxylation is 1. The molecule has 0 saturated carbocycles. The van der Waals surface area contributed by atoms with Gasteiger partial charge in [0.1, 0.15) is 5.75 Å². The first-order valence-corrected chi connectivity index (χ1v) is 9.39. The summed E-state index contributed by atoms with van der Waals surface area (Å²) in [6.45, 7) is 0. The molecule has 1 aromatic heterocycles. The first kappa shape index (κ1) is 18.5. The molecular weight excluding hydrogens is 364 g/mol. The summed E-state index contributed by atoms with van der Waals surface area (Å²) in [5.41, 5.74) is 3.13. The van der Waals surface area contributed by atoms with Crippen molar-refractivity contribution in [2.45, 2.75) is 12.8 Å². The van der Waals surface area contributed by atoms with Gasteiger partial charge in [-0.05, 0) is 41.8 Å². The third kappa shape index (κ3) is 4.04. The van der Waals surface area contributed by atoms with Crippen molar-refractivity contribution in [3.8, 4) is 16.9 Å². The minimum absolute atomic E-state index is 0.0475. The van der Waals surface area contributed by atoms with Crippen LogP contribution in [0.4, 0.5) is 5.69 Å². The van der Waals surface area contributed by atoms with Gasteiger partial charge in [0.05, 0.1) is 5.39 Å². The lowest BCUT2D eigenvalue weighted by Gasteiger charge is -2.10. The number of benzene rings is 3. The van der Waals surface area contributed by atoms with Crippen LogP contribution in [0, 0.1) is 0 Å².